The molecule has 0 radical (unpaired) electrons. The van der Waals surface area contributed by atoms with Crippen molar-refractivity contribution in [3.8, 4) is 12.1 Å². The van der Waals surface area contributed by atoms with Gasteiger partial charge in [0, 0.05) is 43.3 Å². The standard InChI is InChI=1S/C27H30N6O2/c1-4-7-16-33(17-8-15-28)22-12-9-20(10-13-22)30-31-21-11-14-23-24(19-29)26(32(5-2)6-3)27(34)35-25(23)18-21/h9-14,18H,4-8,16-17H2,1-3H3. The van der Waals surface area contributed by atoms with Crippen molar-refractivity contribution in [2.24, 2.45) is 10.2 Å². The Kier molecular flexibility index (Phi) is 8.97. The van der Waals surface area contributed by atoms with Gasteiger partial charge in [-0.3, -0.25) is 0 Å². The average molecular weight is 471 g/mol. The summed E-state index contributed by atoms with van der Waals surface area (Å²) in [4.78, 5) is 16.7. The van der Waals surface area contributed by atoms with Crippen LogP contribution < -0.4 is 15.4 Å². The zero-order valence-corrected chi connectivity index (χ0v) is 20.5. The molecule has 2 aromatic carbocycles. The van der Waals surface area contributed by atoms with Crippen LogP contribution >= 0.6 is 0 Å². The number of nitrogens with zero attached hydrogens (tertiary/aromatic N) is 6. The lowest BCUT2D eigenvalue weighted by atomic mass is 10.1. The van der Waals surface area contributed by atoms with Gasteiger partial charge in [-0.05, 0) is 56.7 Å². The summed E-state index contributed by atoms with van der Waals surface area (Å²) in [6, 6.07) is 17.2. The van der Waals surface area contributed by atoms with E-state index in [-0.39, 0.29) is 0 Å². The SMILES string of the molecule is CCCCN(CCC#N)c1ccc(N=Nc2ccc3c(C#N)c(N(CC)CC)c(=O)oc3c2)cc1. The number of azo groups is 1. The molecule has 3 aromatic rings. The van der Waals surface area contributed by atoms with E-state index >= 15 is 0 Å². The van der Waals surface area contributed by atoms with Crippen molar-refractivity contribution in [2.75, 3.05) is 36.0 Å². The van der Waals surface area contributed by atoms with Crippen molar-refractivity contribution in [3.05, 3.63) is 58.4 Å². The van der Waals surface area contributed by atoms with E-state index in [0.717, 1.165) is 25.1 Å². The molecule has 3 rings (SSSR count). The van der Waals surface area contributed by atoms with Crippen LogP contribution in [0.2, 0.25) is 0 Å². The van der Waals surface area contributed by atoms with E-state index in [9.17, 15) is 10.1 Å². The molecule has 0 aliphatic rings. The Labute approximate surface area is 205 Å². The third kappa shape index (κ3) is 6.04. The van der Waals surface area contributed by atoms with Crippen molar-refractivity contribution in [2.45, 2.75) is 40.0 Å². The van der Waals surface area contributed by atoms with Gasteiger partial charge in [-0.1, -0.05) is 13.3 Å². The monoisotopic (exact) mass is 470 g/mol. The molecule has 0 saturated carbocycles. The number of benzene rings is 2. The number of fused-ring (bicyclic) bond motifs is 1. The van der Waals surface area contributed by atoms with E-state index < -0.39 is 5.63 Å². The van der Waals surface area contributed by atoms with Crippen molar-refractivity contribution in [1.29, 1.82) is 10.5 Å². The van der Waals surface area contributed by atoms with E-state index in [1.54, 1.807) is 18.2 Å². The van der Waals surface area contributed by atoms with E-state index in [2.05, 4.69) is 34.2 Å². The lowest BCUT2D eigenvalue weighted by Crippen LogP contribution is -2.28. The first-order valence-electron chi connectivity index (χ1n) is 12.0. The molecule has 0 fully saturated rings. The van der Waals surface area contributed by atoms with Crippen molar-refractivity contribution < 1.29 is 4.42 Å². The van der Waals surface area contributed by atoms with Crippen LogP contribution in [-0.4, -0.2) is 26.2 Å². The highest BCUT2D eigenvalue weighted by atomic mass is 16.4. The minimum absolute atomic E-state index is 0.294. The summed E-state index contributed by atoms with van der Waals surface area (Å²) in [5.41, 5.74) is 2.62. The molecule has 1 aromatic heterocycles. The molecule has 0 bridgehead atoms. The Morgan fingerprint density at radius 3 is 2.23 bits per heavy atom. The minimum atomic E-state index is -0.536. The molecule has 0 aliphatic heterocycles. The summed E-state index contributed by atoms with van der Waals surface area (Å²) in [5.74, 6) is 0. The maximum Gasteiger partial charge on any atom is 0.361 e. The predicted octanol–water partition coefficient (Wildman–Crippen LogP) is 6.45. The fourth-order valence-electron chi connectivity index (χ4n) is 3.93. The molecule has 8 heteroatoms. The normalized spacial score (nSPS) is 10.9. The van der Waals surface area contributed by atoms with Gasteiger partial charge in [0.25, 0.3) is 0 Å². The van der Waals surface area contributed by atoms with Gasteiger partial charge in [-0.15, -0.1) is 0 Å². The highest BCUT2D eigenvalue weighted by molar-refractivity contribution is 5.89. The Bertz CT molecular complexity index is 1310. The van der Waals surface area contributed by atoms with Crippen LogP contribution in [0, 0.1) is 22.7 Å². The molecular weight excluding hydrogens is 440 g/mol. The molecule has 0 aliphatic carbocycles. The lowest BCUT2D eigenvalue weighted by molar-refractivity contribution is 0.557. The van der Waals surface area contributed by atoms with Crippen molar-refractivity contribution in [3.63, 3.8) is 0 Å². The quantitative estimate of drug-likeness (QED) is 0.235. The summed E-state index contributed by atoms with van der Waals surface area (Å²) in [6.45, 7) is 8.80. The number of hydrogen-bond acceptors (Lipinski definition) is 8. The zero-order valence-electron chi connectivity index (χ0n) is 20.5. The fraction of sp³-hybridized carbons (Fsp3) is 0.370. The molecule has 0 spiro atoms. The second-order valence-electron chi connectivity index (χ2n) is 8.04. The van der Waals surface area contributed by atoms with Crippen LogP contribution in [0.5, 0.6) is 0 Å². The summed E-state index contributed by atoms with van der Waals surface area (Å²) in [5, 5.41) is 27.8. The second-order valence-corrected chi connectivity index (χ2v) is 8.04. The van der Waals surface area contributed by atoms with Gasteiger partial charge in [0.15, 0.2) is 0 Å². The van der Waals surface area contributed by atoms with Gasteiger partial charge in [0.2, 0.25) is 0 Å². The molecular formula is C27H30N6O2. The first kappa shape index (κ1) is 25.5. The maximum absolute atomic E-state index is 12.6. The van der Waals surface area contributed by atoms with E-state index in [4.69, 9.17) is 9.68 Å². The molecule has 0 atom stereocenters. The topological polar surface area (TPSA) is 109 Å². The number of rotatable bonds is 11. The molecule has 0 amide bonds. The summed E-state index contributed by atoms with van der Waals surface area (Å²) in [6.07, 6.45) is 2.63. The molecule has 0 unspecified atom stereocenters. The molecule has 1 heterocycles. The van der Waals surface area contributed by atoms with E-state index in [0.29, 0.717) is 59.6 Å². The molecule has 0 N–H and O–H groups in total. The van der Waals surface area contributed by atoms with Crippen LogP contribution in [0.25, 0.3) is 11.0 Å². The highest BCUT2D eigenvalue weighted by Gasteiger charge is 2.19. The second kappa shape index (κ2) is 12.3. The van der Waals surface area contributed by atoms with Gasteiger partial charge < -0.3 is 14.2 Å². The van der Waals surface area contributed by atoms with Gasteiger partial charge >= 0.3 is 5.63 Å². The summed E-state index contributed by atoms with van der Waals surface area (Å²) in [7, 11) is 0. The molecule has 35 heavy (non-hydrogen) atoms. The number of hydrogen-bond donors (Lipinski definition) is 0. The Balaban J connectivity index is 1.85. The highest BCUT2D eigenvalue weighted by Crippen LogP contribution is 2.29. The zero-order chi connectivity index (χ0) is 25.2. The largest absolute Gasteiger partial charge is 0.421 e. The molecule has 0 saturated heterocycles. The van der Waals surface area contributed by atoms with Crippen molar-refractivity contribution >= 4 is 33.7 Å². The maximum atomic E-state index is 12.6. The van der Waals surface area contributed by atoms with Gasteiger partial charge in [0.05, 0.1) is 29.4 Å². The fourth-order valence-corrected chi connectivity index (χ4v) is 3.93. The number of nitriles is 2. The van der Waals surface area contributed by atoms with Crippen LogP contribution in [0.3, 0.4) is 0 Å². The van der Waals surface area contributed by atoms with Crippen LogP contribution in [0.4, 0.5) is 22.7 Å². The first-order chi connectivity index (χ1) is 17.1. The van der Waals surface area contributed by atoms with E-state index in [1.807, 2.05) is 43.0 Å². The van der Waals surface area contributed by atoms with Gasteiger partial charge in [-0.25, -0.2) is 4.79 Å². The van der Waals surface area contributed by atoms with Crippen LogP contribution in [-0.2, 0) is 0 Å². The summed E-state index contributed by atoms with van der Waals surface area (Å²) < 4.78 is 5.54. The first-order valence-corrected chi connectivity index (χ1v) is 12.0. The third-order valence-corrected chi connectivity index (χ3v) is 5.83. The Morgan fingerprint density at radius 1 is 0.914 bits per heavy atom. The number of anilines is 2. The predicted molar refractivity (Wildman–Crippen MR) is 139 cm³/mol. The van der Waals surface area contributed by atoms with E-state index in [1.165, 1.54) is 0 Å². The van der Waals surface area contributed by atoms with Crippen LogP contribution in [0.1, 0.15) is 45.6 Å². The lowest BCUT2D eigenvalue weighted by Gasteiger charge is -2.23. The van der Waals surface area contributed by atoms with Gasteiger partial charge in [-0.2, -0.15) is 20.8 Å². The third-order valence-electron chi connectivity index (χ3n) is 5.83. The molecule has 8 nitrogen and oxygen atoms in total. The number of unbranched alkanes of at least 4 members (excludes halogenated alkanes) is 1. The van der Waals surface area contributed by atoms with Crippen LogP contribution in [0.15, 0.2) is 61.9 Å². The minimum Gasteiger partial charge on any atom is -0.421 e. The Hall–Kier alpha value is -4.17. The smallest absolute Gasteiger partial charge is 0.361 e. The average Bonchev–Trinajstić information content (AvgIpc) is 2.88. The summed E-state index contributed by atoms with van der Waals surface area (Å²) >= 11 is 0. The Morgan fingerprint density at radius 2 is 1.60 bits per heavy atom. The molecule has 180 valence electrons. The van der Waals surface area contributed by atoms with Gasteiger partial charge in [0.1, 0.15) is 17.3 Å². The van der Waals surface area contributed by atoms with Crippen molar-refractivity contribution in [1.82, 2.24) is 0 Å².